The van der Waals surface area contributed by atoms with E-state index in [1.54, 1.807) is 26.6 Å². The van der Waals surface area contributed by atoms with Crippen molar-refractivity contribution in [1.82, 2.24) is 24.5 Å². The lowest BCUT2D eigenvalue weighted by Gasteiger charge is -2.27. The maximum Gasteiger partial charge on any atom is 0.350 e. The molecule has 3 aromatic rings. The monoisotopic (exact) mass is 440 g/mol. The number of aromatic nitrogens is 4. The van der Waals surface area contributed by atoms with Gasteiger partial charge in [0, 0.05) is 32.0 Å². The molecule has 1 N–H and O–H groups in total. The van der Waals surface area contributed by atoms with Gasteiger partial charge in [0.25, 0.3) is 0 Å². The first-order valence-electron chi connectivity index (χ1n) is 10.8. The molecule has 2 aromatic heterocycles. The second kappa shape index (κ2) is 9.71. The largest absolute Gasteiger partial charge is 0.493 e. The lowest BCUT2D eigenvalue weighted by Crippen LogP contribution is -2.33. The van der Waals surface area contributed by atoms with Crippen LogP contribution in [0.3, 0.4) is 0 Å². The van der Waals surface area contributed by atoms with Crippen molar-refractivity contribution in [2.24, 2.45) is 0 Å². The van der Waals surface area contributed by atoms with Gasteiger partial charge < -0.3 is 19.7 Å². The van der Waals surface area contributed by atoms with E-state index in [0.29, 0.717) is 35.9 Å². The Labute approximate surface area is 185 Å². The number of rotatable bonds is 8. The maximum absolute atomic E-state index is 12.7. The molecule has 1 aliphatic rings. The minimum Gasteiger partial charge on any atom is -0.493 e. The summed E-state index contributed by atoms with van der Waals surface area (Å²) in [7, 11) is 3.17. The highest BCUT2D eigenvalue weighted by Gasteiger charge is 2.19. The minimum atomic E-state index is -0.351. The number of piperidine rings is 1. The topological polar surface area (TPSA) is 103 Å². The average Bonchev–Trinajstić information content (AvgIpc) is 3.14. The number of methoxy groups -OCH3 is 2. The van der Waals surface area contributed by atoms with Crippen molar-refractivity contribution in [3.8, 4) is 11.5 Å². The van der Waals surface area contributed by atoms with E-state index in [1.165, 1.54) is 15.5 Å². The predicted molar refractivity (Wildman–Crippen MR) is 120 cm³/mol. The number of nitrogens with one attached hydrogen (secondary N) is 1. The molecule has 1 amide bonds. The normalized spacial score (nSPS) is 13.9. The molecule has 1 saturated heterocycles. The van der Waals surface area contributed by atoms with Crippen LogP contribution in [-0.2, 0) is 17.8 Å². The molecule has 0 bridgehead atoms. The SMILES string of the molecule is COc1ccc(CCNC(=O)Cn2nc3c(N4CCCCC4)nccn3c2=O)cc1OC. The quantitative estimate of drug-likeness (QED) is 0.562. The van der Waals surface area contributed by atoms with Crippen molar-refractivity contribution in [3.63, 3.8) is 0 Å². The summed E-state index contributed by atoms with van der Waals surface area (Å²) in [5, 5.41) is 7.26. The van der Waals surface area contributed by atoms with E-state index >= 15 is 0 Å². The number of benzene rings is 1. The van der Waals surface area contributed by atoms with Gasteiger partial charge in [-0.25, -0.2) is 18.9 Å². The number of carbonyl (C=O) groups excluding carboxylic acids is 1. The predicted octanol–water partition coefficient (Wildman–Crippen LogP) is 1.26. The van der Waals surface area contributed by atoms with Gasteiger partial charge in [0.05, 0.1) is 14.2 Å². The van der Waals surface area contributed by atoms with Crippen LogP contribution >= 0.6 is 0 Å². The number of amides is 1. The Hall–Kier alpha value is -3.56. The third kappa shape index (κ3) is 4.53. The van der Waals surface area contributed by atoms with Crippen LogP contribution in [0.25, 0.3) is 5.65 Å². The number of carbonyl (C=O) groups is 1. The van der Waals surface area contributed by atoms with Gasteiger partial charge in [-0.3, -0.25) is 4.79 Å². The fraction of sp³-hybridized carbons (Fsp3) is 0.455. The Bertz CT molecular complexity index is 1150. The van der Waals surface area contributed by atoms with Gasteiger partial charge in [-0.15, -0.1) is 5.10 Å². The van der Waals surface area contributed by atoms with Crippen molar-refractivity contribution >= 4 is 17.4 Å². The van der Waals surface area contributed by atoms with E-state index in [9.17, 15) is 9.59 Å². The summed E-state index contributed by atoms with van der Waals surface area (Å²) in [6.07, 6.45) is 7.20. The molecule has 32 heavy (non-hydrogen) atoms. The molecule has 3 heterocycles. The highest BCUT2D eigenvalue weighted by molar-refractivity contribution is 5.75. The zero-order chi connectivity index (χ0) is 22.5. The molecule has 10 heteroatoms. The molecular weight excluding hydrogens is 412 g/mol. The van der Waals surface area contributed by atoms with Gasteiger partial charge in [0.15, 0.2) is 17.3 Å². The van der Waals surface area contributed by atoms with Crippen molar-refractivity contribution in [2.45, 2.75) is 32.2 Å². The van der Waals surface area contributed by atoms with E-state index in [1.807, 2.05) is 18.2 Å². The van der Waals surface area contributed by atoms with Crippen LogP contribution in [0, 0.1) is 0 Å². The summed E-state index contributed by atoms with van der Waals surface area (Å²) in [5.41, 5.74) is 1.14. The lowest BCUT2D eigenvalue weighted by molar-refractivity contribution is -0.121. The highest BCUT2D eigenvalue weighted by Crippen LogP contribution is 2.27. The van der Waals surface area contributed by atoms with Gasteiger partial charge in [-0.2, -0.15) is 0 Å². The van der Waals surface area contributed by atoms with Gasteiger partial charge in [0.1, 0.15) is 6.54 Å². The molecule has 170 valence electrons. The molecule has 1 aliphatic heterocycles. The minimum absolute atomic E-state index is 0.147. The first-order valence-corrected chi connectivity index (χ1v) is 10.8. The number of ether oxygens (including phenoxy) is 2. The summed E-state index contributed by atoms with van der Waals surface area (Å²) in [6.45, 7) is 2.07. The molecule has 4 rings (SSSR count). The van der Waals surface area contributed by atoms with Crippen molar-refractivity contribution in [3.05, 3.63) is 46.6 Å². The zero-order valence-corrected chi connectivity index (χ0v) is 18.4. The van der Waals surface area contributed by atoms with Crippen molar-refractivity contribution in [2.75, 3.05) is 38.8 Å². The van der Waals surface area contributed by atoms with Gasteiger partial charge in [0.2, 0.25) is 11.6 Å². The van der Waals surface area contributed by atoms with Crippen LogP contribution in [0.2, 0.25) is 0 Å². The zero-order valence-electron chi connectivity index (χ0n) is 18.4. The summed E-state index contributed by atoms with van der Waals surface area (Å²) in [5.74, 6) is 1.72. The smallest absolute Gasteiger partial charge is 0.350 e. The van der Waals surface area contributed by atoms with Crippen LogP contribution < -0.4 is 25.4 Å². The number of hydrogen-bond donors (Lipinski definition) is 1. The summed E-state index contributed by atoms with van der Waals surface area (Å²) < 4.78 is 13.2. The Kier molecular flexibility index (Phi) is 6.58. The molecule has 0 unspecified atom stereocenters. The fourth-order valence-corrected chi connectivity index (χ4v) is 3.94. The van der Waals surface area contributed by atoms with Gasteiger partial charge >= 0.3 is 5.69 Å². The molecule has 10 nitrogen and oxygen atoms in total. The molecule has 0 atom stereocenters. The van der Waals surface area contributed by atoms with E-state index in [2.05, 4.69) is 20.3 Å². The maximum atomic E-state index is 12.7. The van der Waals surface area contributed by atoms with E-state index < -0.39 is 0 Å². The second-order valence-corrected chi connectivity index (χ2v) is 7.72. The average molecular weight is 441 g/mol. The Morgan fingerprint density at radius 3 is 2.66 bits per heavy atom. The first-order chi connectivity index (χ1) is 15.6. The van der Waals surface area contributed by atoms with E-state index in [0.717, 1.165) is 31.5 Å². The fourth-order valence-electron chi connectivity index (χ4n) is 3.94. The molecule has 0 aliphatic carbocycles. The standard InChI is InChI=1S/C22H28N6O4/c1-31-17-7-6-16(14-18(17)32-2)8-9-23-19(29)15-28-22(30)27-13-10-24-20(21(27)25-28)26-11-4-3-5-12-26/h6-7,10,13-14H,3-5,8-9,11-12,15H2,1-2H3,(H,23,29). The number of hydrogen-bond acceptors (Lipinski definition) is 7. The number of fused-ring (bicyclic) bond motifs is 1. The van der Waals surface area contributed by atoms with Gasteiger partial charge in [-0.05, 0) is 43.4 Å². The molecule has 0 saturated carbocycles. The first kappa shape index (κ1) is 21.7. The second-order valence-electron chi connectivity index (χ2n) is 7.72. The number of anilines is 1. The third-order valence-electron chi connectivity index (χ3n) is 5.62. The lowest BCUT2D eigenvalue weighted by atomic mass is 10.1. The summed E-state index contributed by atoms with van der Waals surface area (Å²) >= 11 is 0. The Balaban J connectivity index is 1.40. The van der Waals surface area contributed by atoms with Crippen LogP contribution in [0.15, 0.2) is 35.4 Å². The Morgan fingerprint density at radius 1 is 1.12 bits per heavy atom. The highest BCUT2D eigenvalue weighted by atomic mass is 16.5. The number of nitrogens with zero attached hydrogens (tertiary/aromatic N) is 5. The van der Waals surface area contributed by atoms with Crippen LogP contribution in [0.5, 0.6) is 11.5 Å². The summed E-state index contributed by atoms with van der Waals surface area (Å²) in [6, 6.07) is 5.64. The van der Waals surface area contributed by atoms with E-state index in [-0.39, 0.29) is 18.1 Å². The van der Waals surface area contributed by atoms with Gasteiger partial charge in [-0.1, -0.05) is 6.07 Å². The van der Waals surface area contributed by atoms with Crippen LogP contribution in [-0.4, -0.2) is 58.9 Å². The van der Waals surface area contributed by atoms with Crippen molar-refractivity contribution in [1.29, 1.82) is 0 Å². The third-order valence-corrected chi connectivity index (χ3v) is 5.62. The molecule has 1 aromatic carbocycles. The van der Waals surface area contributed by atoms with Crippen LogP contribution in [0.4, 0.5) is 5.82 Å². The molecular formula is C22H28N6O4. The van der Waals surface area contributed by atoms with Crippen LogP contribution in [0.1, 0.15) is 24.8 Å². The Morgan fingerprint density at radius 2 is 1.91 bits per heavy atom. The van der Waals surface area contributed by atoms with Crippen molar-refractivity contribution < 1.29 is 14.3 Å². The molecule has 0 radical (unpaired) electrons. The summed E-state index contributed by atoms with van der Waals surface area (Å²) in [4.78, 5) is 31.8. The molecule has 1 fully saturated rings. The molecule has 0 spiro atoms. The van der Waals surface area contributed by atoms with E-state index in [4.69, 9.17) is 9.47 Å².